The van der Waals surface area contributed by atoms with E-state index < -0.39 is 144 Å². The third kappa shape index (κ3) is 24.7. The number of ether oxygens (including phenoxy) is 2. The van der Waals surface area contributed by atoms with Gasteiger partial charge in [0.25, 0.3) is 0 Å². The Morgan fingerprint density at radius 1 is 0.747 bits per heavy atom. The van der Waals surface area contributed by atoms with Gasteiger partial charge in [-0.25, -0.2) is 4.79 Å². The predicted octanol–water partition coefficient (Wildman–Crippen LogP) is 0.607. The maximum absolute atomic E-state index is 14.5. The molecule has 0 aromatic rings. The molecule has 0 bridgehead atoms. The maximum atomic E-state index is 14.5. The lowest BCUT2D eigenvalue weighted by Crippen LogP contribution is -2.60. The maximum Gasteiger partial charge on any atom is 0.328 e. The Bertz CT molecular complexity index is 2130. The average molecular weight is 1200 g/mol. The van der Waals surface area contributed by atoms with Crippen molar-refractivity contribution in [3.8, 4) is 0 Å². The summed E-state index contributed by atoms with van der Waals surface area (Å²) in [5.74, 6) is -10.3. The van der Waals surface area contributed by atoms with Crippen molar-refractivity contribution in [2.45, 2.75) is 211 Å². The van der Waals surface area contributed by atoms with E-state index >= 15 is 0 Å². The van der Waals surface area contributed by atoms with Gasteiger partial charge in [-0.3, -0.25) is 53.0 Å². The summed E-state index contributed by atoms with van der Waals surface area (Å²) in [7, 11) is 8.68. The summed E-state index contributed by atoms with van der Waals surface area (Å²) >= 11 is 1.09. The SMILES string of the molecule is CCCC(C)(C)SC(CC(=O)NC(CN)C(=O)NCC(NC(=O)C(CCC(=O)O)NC(=O)C(NC(=O)C(C)C(OC)C1CCCN1C(=O)CC(OC)C(C(C)CC)N(C)CC(NC(=O)C(C(C)C)N(C)C)C(C)C)C(C)O)C(=O)O)C(=O)O. The van der Waals surface area contributed by atoms with Crippen LogP contribution in [0.3, 0.4) is 0 Å². The fourth-order valence-corrected chi connectivity index (χ4v) is 12.1. The summed E-state index contributed by atoms with van der Waals surface area (Å²) in [6, 6.07) is -8.22. The molecule has 83 heavy (non-hydrogen) atoms. The molecule has 26 nitrogen and oxygen atoms in total. The van der Waals surface area contributed by atoms with Gasteiger partial charge in [0.05, 0.1) is 42.7 Å². The van der Waals surface area contributed by atoms with Crippen LogP contribution in [0.15, 0.2) is 0 Å². The Labute approximate surface area is 495 Å². The van der Waals surface area contributed by atoms with E-state index in [4.69, 9.17) is 15.2 Å². The topological polar surface area (TPSA) is 378 Å². The van der Waals surface area contributed by atoms with E-state index in [0.717, 1.165) is 24.6 Å². The fraction of sp³-hybridized carbons (Fsp3) is 0.821. The number of methoxy groups -OCH3 is 2. The zero-order valence-corrected chi connectivity index (χ0v) is 52.8. The van der Waals surface area contributed by atoms with Crippen LogP contribution >= 0.6 is 11.8 Å². The number of thioether (sulfide) groups is 1. The van der Waals surface area contributed by atoms with Gasteiger partial charge >= 0.3 is 17.9 Å². The van der Waals surface area contributed by atoms with Gasteiger partial charge in [0.15, 0.2) is 0 Å². The molecule has 0 aromatic heterocycles. The van der Waals surface area contributed by atoms with Gasteiger partial charge in [0.2, 0.25) is 41.4 Å². The highest BCUT2D eigenvalue weighted by Crippen LogP contribution is 2.35. The van der Waals surface area contributed by atoms with Crippen LogP contribution < -0.4 is 37.6 Å². The fourth-order valence-electron chi connectivity index (χ4n) is 10.7. The molecule has 14 atom stereocenters. The normalized spacial score (nSPS) is 18.5. The van der Waals surface area contributed by atoms with Gasteiger partial charge in [0.1, 0.15) is 29.4 Å². The number of nitrogens with two attached hydrogens (primary N) is 1. The van der Waals surface area contributed by atoms with E-state index in [1.165, 1.54) is 21.0 Å². The number of carbonyl (C=O) groups excluding carboxylic acids is 7. The van der Waals surface area contributed by atoms with Crippen molar-refractivity contribution in [1.82, 2.24) is 46.6 Å². The van der Waals surface area contributed by atoms with E-state index in [1.807, 2.05) is 60.7 Å². The summed E-state index contributed by atoms with van der Waals surface area (Å²) in [6.07, 6.45) is -1.63. The van der Waals surface area contributed by atoms with Crippen molar-refractivity contribution in [3.63, 3.8) is 0 Å². The number of amides is 7. The first-order valence-corrected chi connectivity index (χ1v) is 29.7. The first kappa shape index (κ1) is 75.8. The number of aliphatic carboxylic acids is 3. The van der Waals surface area contributed by atoms with Crippen molar-refractivity contribution in [3.05, 3.63) is 0 Å². The third-order valence-electron chi connectivity index (χ3n) is 15.3. The number of aliphatic hydroxyl groups is 1. The first-order chi connectivity index (χ1) is 38.6. The van der Waals surface area contributed by atoms with E-state index in [-0.39, 0.29) is 54.1 Å². The summed E-state index contributed by atoms with van der Waals surface area (Å²) in [6.45, 7) is 20.2. The molecule has 1 saturated heterocycles. The molecule has 1 fully saturated rings. The minimum Gasteiger partial charge on any atom is -0.481 e. The van der Waals surface area contributed by atoms with Gasteiger partial charge in [0, 0.05) is 70.1 Å². The number of nitrogens with one attached hydrogen (secondary N) is 6. The van der Waals surface area contributed by atoms with Crippen LogP contribution in [0.2, 0.25) is 0 Å². The van der Waals surface area contributed by atoms with Crippen LogP contribution in [0, 0.1) is 23.7 Å². The van der Waals surface area contributed by atoms with Gasteiger partial charge in [-0.2, -0.15) is 0 Å². The summed E-state index contributed by atoms with van der Waals surface area (Å²) < 4.78 is 11.6. The number of carbonyl (C=O) groups is 10. The minimum absolute atomic E-state index is 0.00909. The molecule has 0 spiro atoms. The molecule has 27 heteroatoms. The van der Waals surface area contributed by atoms with Crippen LogP contribution in [0.25, 0.3) is 0 Å². The molecular weight excluding hydrogens is 1100 g/mol. The Balaban J connectivity index is 3.28. The number of likely N-dealkylation sites (tertiary alicyclic amines) is 1. The molecule has 1 heterocycles. The molecule has 14 unspecified atom stereocenters. The smallest absolute Gasteiger partial charge is 0.328 e. The number of aliphatic hydroxyl groups excluding tert-OH is 1. The Morgan fingerprint density at radius 2 is 1.36 bits per heavy atom. The van der Waals surface area contributed by atoms with Crippen LogP contribution in [0.4, 0.5) is 0 Å². The van der Waals surface area contributed by atoms with Crippen LogP contribution in [-0.4, -0.2) is 233 Å². The molecule has 0 saturated carbocycles. The monoisotopic (exact) mass is 1200 g/mol. The van der Waals surface area contributed by atoms with Crippen LogP contribution in [0.5, 0.6) is 0 Å². The van der Waals surface area contributed by atoms with Crippen molar-refractivity contribution in [1.29, 1.82) is 0 Å². The molecule has 1 aliphatic rings. The van der Waals surface area contributed by atoms with Crippen molar-refractivity contribution in [2.75, 3.05) is 61.5 Å². The van der Waals surface area contributed by atoms with Gasteiger partial charge in [-0.15, -0.1) is 11.8 Å². The molecule has 478 valence electrons. The van der Waals surface area contributed by atoms with Crippen molar-refractivity contribution < 1.29 is 77.8 Å². The lowest BCUT2D eigenvalue weighted by atomic mass is 9.89. The Morgan fingerprint density at radius 3 is 1.84 bits per heavy atom. The zero-order chi connectivity index (χ0) is 63.8. The van der Waals surface area contributed by atoms with Gasteiger partial charge in [-0.05, 0) is 71.5 Å². The Hall–Kier alpha value is -5.19. The lowest BCUT2D eigenvalue weighted by molar-refractivity contribution is -0.144. The van der Waals surface area contributed by atoms with Crippen LogP contribution in [0.1, 0.15) is 134 Å². The molecule has 1 rings (SSSR count). The number of likely N-dealkylation sites (N-methyl/N-ethyl adjacent to an activating group) is 2. The third-order valence-corrected chi connectivity index (χ3v) is 16.8. The second kappa shape index (κ2) is 36.6. The number of carboxylic acid groups (broad SMARTS) is 3. The van der Waals surface area contributed by atoms with Crippen molar-refractivity contribution >= 4 is 71.0 Å². The summed E-state index contributed by atoms with van der Waals surface area (Å²) in [5, 5.41) is 53.9. The molecule has 0 aromatic carbocycles. The van der Waals surface area contributed by atoms with E-state index in [9.17, 15) is 68.4 Å². The number of nitrogens with zero attached hydrogens (tertiary/aromatic N) is 3. The summed E-state index contributed by atoms with van der Waals surface area (Å²) in [4.78, 5) is 138. The molecule has 0 radical (unpaired) electrons. The quantitative estimate of drug-likeness (QED) is 0.0400. The zero-order valence-electron chi connectivity index (χ0n) is 51.9. The highest BCUT2D eigenvalue weighted by Gasteiger charge is 2.43. The lowest BCUT2D eigenvalue weighted by Gasteiger charge is -2.41. The number of rotatable bonds is 40. The molecule has 7 amide bonds. The number of hydrogen-bond donors (Lipinski definition) is 11. The van der Waals surface area contributed by atoms with Crippen LogP contribution in [-0.2, 0) is 57.4 Å². The number of carboxylic acids is 3. The van der Waals surface area contributed by atoms with Gasteiger partial charge in [-0.1, -0.05) is 82.1 Å². The predicted molar refractivity (Wildman–Crippen MR) is 314 cm³/mol. The minimum atomic E-state index is -1.89. The highest BCUT2D eigenvalue weighted by molar-refractivity contribution is 8.01. The van der Waals surface area contributed by atoms with Crippen molar-refractivity contribution in [2.24, 2.45) is 29.4 Å². The van der Waals surface area contributed by atoms with E-state index in [1.54, 1.807) is 12.0 Å². The largest absolute Gasteiger partial charge is 0.481 e. The first-order valence-electron chi connectivity index (χ1n) is 28.9. The molecule has 0 aliphatic carbocycles. The van der Waals surface area contributed by atoms with E-state index in [0.29, 0.717) is 32.4 Å². The Kier molecular flexibility index (Phi) is 33.4. The second-order valence-electron chi connectivity index (χ2n) is 23.5. The number of hydrogen-bond acceptors (Lipinski definition) is 17. The van der Waals surface area contributed by atoms with E-state index in [2.05, 4.69) is 64.5 Å². The highest BCUT2D eigenvalue weighted by atomic mass is 32.2. The average Bonchev–Trinajstić information content (AvgIpc) is 4.15. The summed E-state index contributed by atoms with van der Waals surface area (Å²) in [5.41, 5.74) is 5.74. The second-order valence-corrected chi connectivity index (χ2v) is 25.4. The standard InChI is InChI=1S/C56H102N10O16S/c1-17-23-56(10,11)83-41(55(79)80)26-42(68)59-36(27-57)50(73)58-28-37(54(77)78)61-51(74)35(21-22-44(70)71)60-52(75)45(34(9)67)63-49(72)33(8)48(82-16)39-20-19-24-66(39)43(69)25-40(81-15)47(32(7)18-2)65(14)29-38(30(3)4)62-53(76)46(31(5)6)64(12)13/h30-41,45-48,67H,17-29,57H2,1-16H3,(H,58,73)(H,59,68)(H,60,75)(H,61,74)(H,62,76)(H,63,72)(H,70,71)(H,77,78)(H,79,80). The van der Waals surface area contributed by atoms with Gasteiger partial charge < -0.3 is 72.4 Å². The molecular formula is C56H102N10O16S. The molecule has 12 N–H and O–H groups in total. The molecule has 1 aliphatic heterocycles.